The maximum Gasteiger partial charge on any atom is 0.248 e. The van der Waals surface area contributed by atoms with E-state index < -0.39 is 5.82 Å². The van der Waals surface area contributed by atoms with Gasteiger partial charge in [-0.3, -0.25) is 4.79 Å². The predicted octanol–water partition coefficient (Wildman–Crippen LogP) is 4.23. The second-order valence-corrected chi connectivity index (χ2v) is 7.05. The normalized spacial score (nSPS) is 11.3. The van der Waals surface area contributed by atoms with E-state index in [0.717, 1.165) is 0 Å². The topological polar surface area (TPSA) is 79.4 Å². The van der Waals surface area contributed by atoms with Gasteiger partial charge in [0.25, 0.3) is 0 Å². The van der Waals surface area contributed by atoms with Crippen LogP contribution in [-0.4, -0.2) is 48.5 Å². The Morgan fingerprint density at radius 3 is 2.77 bits per heavy atom. The maximum atomic E-state index is 14.4. The molecule has 0 saturated heterocycles. The first-order chi connectivity index (χ1) is 14.4. The van der Waals surface area contributed by atoms with Gasteiger partial charge in [0.15, 0.2) is 11.6 Å². The highest BCUT2D eigenvalue weighted by Crippen LogP contribution is 2.38. The number of benzene rings is 2. The number of nitrogens with zero attached hydrogens (tertiary/aromatic N) is 3. The number of halogens is 2. The molecule has 0 saturated carbocycles. The van der Waals surface area contributed by atoms with Crippen LogP contribution in [-0.2, 0) is 4.79 Å². The zero-order valence-corrected chi connectivity index (χ0v) is 17.5. The molecule has 0 spiro atoms. The van der Waals surface area contributed by atoms with Gasteiger partial charge in [-0.05, 0) is 38.4 Å². The van der Waals surface area contributed by atoms with E-state index >= 15 is 0 Å². The van der Waals surface area contributed by atoms with Gasteiger partial charge in [-0.25, -0.2) is 14.4 Å². The summed E-state index contributed by atoms with van der Waals surface area (Å²) in [4.78, 5) is 22.7. The Labute approximate surface area is 178 Å². The number of rotatable bonds is 7. The van der Waals surface area contributed by atoms with Crippen molar-refractivity contribution in [2.75, 3.05) is 38.4 Å². The molecule has 1 aromatic heterocycles. The van der Waals surface area contributed by atoms with Crippen molar-refractivity contribution in [3.05, 3.63) is 59.7 Å². The van der Waals surface area contributed by atoms with Crippen molar-refractivity contribution in [2.45, 2.75) is 0 Å². The van der Waals surface area contributed by atoms with E-state index in [-0.39, 0.29) is 16.6 Å². The minimum absolute atomic E-state index is 0.0113. The average molecular weight is 430 g/mol. The number of carbonyl (C=O) groups is 1. The van der Waals surface area contributed by atoms with Crippen LogP contribution in [0.1, 0.15) is 0 Å². The summed E-state index contributed by atoms with van der Waals surface area (Å²) in [5.74, 6) is -0.230. The first-order valence-corrected chi connectivity index (χ1v) is 9.43. The van der Waals surface area contributed by atoms with E-state index in [1.54, 1.807) is 30.3 Å². The summed E-state index contributed by atoms with van der Waals surface area (Å²) in [7, 11) is 5.29. The fraction of sp³-hybridized carbons (Fsp3) is 0.190. The van der Waals surface area contributed by atoms with Crippen LogP contribution in [0.15, 0.2) is 48.8 Å². The van der Waals surface area contributed by atoms with E-state index in [9.17, 15) is 9.18 Å². The van der Waals surface area contributed by atoms with Gasteiger partial charge in [-0.15, -0.1) is 0 Å². The third-order valence-corrected chi connectivity index (χ3v) is 4.45. The van der Waals surface area contributed by atoms with Crippen LogP contribution in [0.4, 0.5) is 21.6 Å². The molecule has 2 aromatic carbocycles. The second kappa shape index (κ2) is 9.51. The van der Waals surface area contributed by atoms with Crippen LogP contribution in [0.3, 0.4) is 0 Å². The van der Waals surface area contributed by atoms with E-state index in [1.807, 2.05) is 19.0 Å². The molecule has 3 rings (SSSR count). The Kier molecular flexibility index (Phi) is 6.81. The number of carbonyl (C=O) groups excluding carboxylic acids is 1. The van der Waals surface area contributed by atoms with Gasteiger partial charge in [-0.2, -0.15) is 0 Å². The van der Waals surface area contributed by atoms with Crippen molar-refractivity contribution < 1.29 is 13.9 Å². The highest BCUT2D eigenvalue weighted by Gasteiger charge is 2.17. The minimum Gasteiger partial charge on any atom is -0.494 e. The number of methoxy groups -OCH3 is 1. The lowest BCUT2D eigenvalue weighted by atomic mass is 10.1. The van der Waals surface area contributed by atoms with Crippen LogP contribution in [0, 0.1) is 5.82 Å². The number of ether oxygens (including phenoxy) is 1. The highest BCUT2D eigenvalue weighted by atomic mass is 35.5. The standard InChI is InChI=1S/C21H21ClFN5O2/c1-28(2)11-5-8-17(29)26-16-10-9-14-18(20(16)30-3)21(25-12-24-14)27-15-7-4-6-13(22)19(15)23/h4-10,12H,11H2,1-3H3,(H,26,29)(H,24,25,27)/b8-5+. The molecule has 1 amide bonds. The van der Waals surface area contributed by atoms with Crippen LogP contribution in [0.2, 0.25) is 5.02 Å². The Morgan fingerprint density at radius 2 is 2.03 bits per heavy atom. The Morgan fingerprint density at radius 1 is 1.23 bits per heavy atom. The molecule has 2 N–H and O–H groups in total. The number of nitrogens with one attached hydrogen (secondary N) is 2. The van der Waals surface area contributed by atoms with Gasteiger partial charge in [0.05, 0.1) is 34.4 Å². The average Bonchev–Trinajstić information content (AvgIpc) is 2.71. The summed E-state index contributed by atoms with van der Waals surface area (Å²) >= 11 is 5.87. The van der Waals surface area contributed by atoms with Gasteiger partial charge in [0, 0.05) is 12.6 Å². The summed E-state index contributed by atoms with van der Waals surface area (Å²) in [5.41, 5.74) is 1.16. The molecule has 9 heteroatoms. The molecule has 0 unspecified atom stereocenters. The quantitative estimate of drug-likeness (QED) is 0.547. The van der Waals surface area contributed by atoms with Crippen molar-refractivity contribution in [3.8, 4) is 5.75 Å². The number of amides is 1. The first-order valence-electron chi connectivity index (χ1n) is 9.05. The number of hydrogen-bond acceptors (Lipinski definition) is 6. The van der Waals surface area contributed by atoms with Gasteiger partial charge in [-0.1, -0.05) is 23.7 Å². The fourth-order valence-corrected chi connectivity index (χ4v) is 2.97. The van der Waals surface area contributed by atoms with E-state index in [2.05, 4.69) is 20.6 Å². The van der Waals surface area contributed by atoms with Crippen LogP contribution < -0.4 is 15.4 Å². The minimum atomic E-state index is -0.597. The molecule has 1 heterocycles. The largest absolute Gasteiger partial charge is 0.494 e. The molecule has 7 nitrogen and oxygen atoms in total. The fourth-order valence-electron chi connectivity index (χ4n) is 2.80. The lowest BCUT2D eigenvalue weighted by molar-refractivity contribution is -0.111. The van der Waals surface area contributed by atoms with Crippen molar-refractivity contribution in [1.29, 1.82) is 0 Å². The first kappa shape index (κ1) is 21.5. The number of hydrogen-bond donors (Lipinski definition) is 2. The Bertz CT molecular complexity index is 1100. The summed E-state index contributed by atoms with van der Waals surface area (Å²) in [6.07, 6.45) is 4.56. The summed E-state index contributed by atoms with van der Waals surface area (Å²) in [5, 5.41) is 6.21. The monoisotopic (exact) mass is 429 g/mol. The molecule has 0 bridgehead atoms. The van der Waals surface area contributed by atoms with Gasteiger partial charge >= 0.3 is 0 Å². The van der Waals surface area contributed by atoms with Gasteiger partial charge in [0.1, 0.15) is 12.1 Å². The van der Waals surface area contributed by atoms with Gasteiger partial charge in [0.2, 0.25) is 5.91 Å². The van der Waals surface area contributed by atoms with Crippen molar-refractivity contribution in [2.24, 2.45) is 0 Å². The molecule has 0 aliphatic rings. The van der Waals surface area contributed by atoms with Crippen LogP contribution in [0.5, 0.6) is 5.75 Å². The van der Waals surface area contributed by atoms with Crippen molar-refractivity contribution in [1.82, 2.24) is 14.9 Å². The SMILES string of the molecule is COc1c(NC(=O)/C=C/CN(C)C)ccc2ncnc(Nc3cccc(Cl)c3F)c12. The number of likely N-dealkylation sites (N-methyl/N-ethyl adjacent to an activating group) is 1. The van der Waals surface area contributed by atoms with E-state index in [1.165, 1.54) is 25.6 Å². The molecular formula is C21H21ClFN5O2. The zero-order chi connectivity index (χ0) is 21.7. The predicted molar refractivity (Wildman–Crippen MR) is 117 cm³/mol. The Hall–Kier alpha value is -3.23. The van der Waals surface area contributed by atoms with E-state index in [0.29, 0.717) is 34.7 Å². The molecule has 0 atom stereocenters. The van der Waals surface area contributed by atoms with Crippen molar-refractivity contribution >= 4 is 45.6 Å². The number of fused-ring (bicyclic) bond motifs is 1. The second-order valence-electron chi connectivity index (χ2n) is 6.64. The third-order valence-electron chi connectivity index (χ3n) is 4.16. The number of anilines is 3. The summed E-state index contributed by atoms with van der Waals surface area (Å²) < 4.78 is 19.9. The lowest BCUT2D eigenvalue weighted by Gasteiger charge is -2.15. The van der Waals surface area contributed by atoms with Crippen LogP contribution in [0.25, 0.3) is 10.9 Å². The summed E-state index contributed by atoms with van der Waals surface area (Å²) in [6.45, 7) is 0.634. The maximum absolute atomic E-state index is 14.4. The zero-order valence-electron chi connectivity index (χ0n) is 16.7. The smallest absolute Gasteiger partial charge is 0.248 e. The van der Waals surface area contributed by atoms with Crippen molar-refractivity contribution in [3.63, 3.8) is 0 Å². The molecule has 0 aliphatic heterocycles. The molecule has 3 aromatic rings. The Balaban J connectivity index is 1.99. The summed E-state index contributed by atoms with van der Waals surface area (Å²) in [6, 6.07) is 8.04. The third kappa shape index (κ3) is 4.84. The molecule has 30 heavy (non-hydrogen) atoms. The molecule has 0 aliphatic carbocycles. The van der Waals surface area contributed by atoms with Crippen LogP contribution >= 0.6 is 11.6 Å². The van der Waals surface area contributed by atoms with Gasteiger partial charge < -0.3 is 20.3 Å². The number of aromatic nitrogens is 2. The highest BCUT2D eigenvalue weighted by molar-refractivity contribution is 6.31. The lowest BCUT2D eigenvalue weighted by Crippen LogP contribution is -2.13. The molecule has 0 fully saturated rings. The molecule has 0 radical (unpaired) electrons. The molecule has 156 valence electrons. The molecular weight excluding hydrogens is 409 g/mol. The van der Waals surface area contributed by atoms with E-state index in [4.69, 9.17) is 16.3 Å².